The predicted octanol–water partition coefficient (Wildman–Crippen LogP) is 1.38. The van der Waals surface area contributed by atoms with E-state index in [1.807, 2.05) is 6.92 Å². The van der Waals surface area contributed by atoms with Crippen LogP contribution in [0, 0.1) is 6.92 Å². The lowest BCUT2D eigenvalue weighted by atomic mass is 10.2. The Hall–Kier alpha value is -1.70. The van der Waals surface area contributed by atoms with Gasteiger partial charge in [-0.25, -0.2) is 0 Å². The molecule has 7 heteroatoms. The van der Waals surface area contributed by atoms with Crippen molar-refractivity contribution in [2.45, 2.75) is 26.0 Å². The van der Waals surface area contributed by atoms with Gasteiger partial charge in [0.2, 0.25) is 5.89 Å². The van der Waals surface area contributed by atoms with Gasteiger partial charge in [0, 0.05) is 32.7 Å². The molecule has 0 aromatic carbocycles. The van der Waals surface area contributed by atoms with Gasteiger partial charge in [-0.15, -0.1) is 0 Å². The lowest BCUT2D eigenvalue weighted by molar-refractivity contribution is 0.0452. The Labute approximate surface area is 129 Å². The predicted molar refractivity (Wildman–Crippen MR) is 79.1 cm³/mol. The first-order valence-corrected chi connectivity index (χ1v) is 7.61. The second-order valence-electron chi connectivity index (χ2n) is 5.72. The van der Waals surface area contributed by atoms with E-state index in [2.05, 4.69) is 26.9 Å². The lowest BCUT2D eigenvalue weighted by Crippen LogP contribution is -2.48. The van der Waals surface area contributed by atoms with Crippen LogP contribution < -0.4 is 0 Å². The SMILES string of the molecule is Cc1noc([C@@H](C)N2CCN(C[C@H](O)c3ccco3)CC2)n1. The smallest absolute Gasteiger partial charge is 0.243 e. The van der Waals surface area contributed by atoms with Crippen molar-refractivity contribution in [3.63, 3.8) is 0 Å². The number of aliphatic hydroxyl groups is 1. The number of aliphatic hydroxyl groups excluding tert-OH is 1. The quantitative estimate of drug-likeness (QED) is 0.894. The molecular formula is C15H22N4O3. The first-order valence-electron chi connectivity index (χ1n) is 7.61. The molecule has 3 rings (SSSR count). The summed E-state index contributed by atoms with van der Waals surface area (Å²) in [6.45, 7) is 8.12. The van der Waals surface area contributed by atoms with E-state index < -0.39 is 6.10 Å². The molecular weight excluding hydrogens is 284 g/mol. The Morgan fingerprint density at radius 3 is 2.68 bits per heavy atom. The van der Waals surface area contributed by atoms with Gasteiger partial charge in [-0.3, -0.25) is 9.80 Å². The molecule has 2 atom stereocenters. The molecule has 1 aliphatic rings. The van der Waals surface area contributed by atoms with E-state index >= 15 is 0 Å². The molecule has 120 valence electrons. The van der Waals surface area contributed by atoms with Crippen molar-refractivity contribution >= 4 is 0 Å². The van der Waals surface area contributed by atoms with Crippen molar-refractivity contribution in [1.82, 2.24) is 19.9 Å². The molecule has 0 saturated carbocycles. The molecule has 22 heavy (non-hydrogen) atoms. The first-order chi connectivity index (χ1) is 10.6. The molecule has 1 N–H and O–H groups in total. The fourth-order valence-corrected chi connectivity index (χ4v) is 2.79. The molecule has 0 spiro atoms. The van der Waals surface area contributed by atoms with Gasteiger partial charge in [0.05, 0.1) is 12.3 Å². The number of nitrogens with zero attached hydrogens (tertiary/aromatic N) is 4. The van der Waals surface area contributed by atoms with Crippen molar-refractivity contribution in [2.24, 2.45) is 0 Å². The Morgan fingerprint density at radius 2 is 2.09 bits per heavy atom. The van der Waals surface area contributed by atoms with Gasteiger partial charge >= 0.3 is 0 Å². The minimum absolute atomic E-state index is 0.123. The molecule has 0 unspecified atom stereocenters. The summed E-state index contributed by atoms with van der Waals surface area (Å²) in [6.07, 6.45) is 1.02. The average Bonchev–Trinajstić information content (AvgIpc) is 3.18. The number of aryl methyl sites for hydroxylation is 1. The van der Waals surface area contributed by atoms with E-state index in [1.165, 1.54) is 0 Å². The van der Waals surface area contributed by atoms with Crippen LogP contribution in [-0.2, 0) is 0 Å². The molecule has 0 amide bonds. The molecule has 1 fully saturated rings. The van der Waals surface area contributed by atoms with Crippen molar-refractivity contribution in [2.75, 3.05) is 32.7 Å². The van der Waals surface area contributed by atoms with E-state index in [9.17, 15) is 5.11 Å². The maximum Gasteiger partial charge on any atom is 0.243 e. The zero-order chi connectivity index (χ0) is 15.5. The summed E-state index contributed by atoms with van der Waals surface area (Å²) in [7, 11) is 0. The molecule has 0 aliphatic carbocycles. The summed E-state index contributed by atoms with van der Waals surface area (Å²) in [4.78, 5) is 8.87. The molecule has 2 aromatic heterocycles. The Balaban J connectivity index is 1.50. The number of hydrogen-bond acceptors (Lipinski definition) is 7. The summed E-state index contributed by atoms with van der Waals surface area (Å²) in [6, 6.07) is 3.73. The zero-order valence-electron chi connectivity index (χ0n) is 13.0. The molecule has 3 heterocycles. The third kappa shape index (κ3) is 3.37. The molecule has 0 radical (unpaired) electrons. The van der Waals surface area contributed by atoms with Gasteiger partial charge in [0.15, 0.2) is 5.82 Å². The van der Waals surface area contributed by atoms with Crippen molar-refractivity contribution in [3.8, 4) is 0 Å². The number of hydrogen-bond donors (Lipinski definition) is 1. The summed E-state index contributed by atoms with van der Waals surface area (Å²) in [5.41, 5.74) is 0. The molecule has 1 aliphatic heterocycles. The third-order valence-electron chi connectivity index (χ3n) is 4.16. The van der Waals surface area contributed by atoms with Crippen LogP contribution in [0.25, 0.3) is 0 Å². The van der Waals surface area contributed by atoms with Gasteiger partial charge in [-0.05, 0) is 26.0 Å². The third-order valence-corrected chi connectivity index (χ3v) is 4.16. The van der Waals surface area contributed by atoms with Crippen LogP contribution in [0.15, 0.2) is 27.3 Å². The van der Waals surface area contributed by atoms with Gasteiger partial charge < -0.3 is 14.0 Å². The fraction of sp³-hybridized carbons (Fsp3) is 0.600. The topological polar surface area (TPSA) is 78.8 Å². The first kappa shape index (κ1) is 15.2. The van der Waals surface area contributed by atoms with Crippen LogP contribution in [0.2, 0.25) is 0 Å². The second kappa shape index (κ2) is 6.60. The summed E-state index contributed by atoms with van der Waals surface area (Å²) in [5.74, 6) is 1.96. The Morgan fingerprint density at radius 1 is 1.32 bits per heavy atom. The molecule has 7 nitrogen and oxygen atoms in total. The van der Waals surface area contributed by atoms with E-state index in [0.717, 1.165) is 26.2 Å². The number of piperazine rings is 1. The number of furan rings is 1. The van der Waals surface area contributed by atoms with Crippen LogP contribution in [0.5, 0.6) is 0 Å². The highest BCUT2D eigenvalue weighted by atomic mass is 16.5. The highest BCUT2D eigenvalue weighted by molar-refractivity contribution is 5.02. The number of rotatable bonds is 5. The monoisotopic (exact) mass is 306 g/mol. The standard InChI is InChI=1S/C15H22N4O3/c1-11(15-16-12(2)17-22-15)19-7-5-18(6-8-19)10-13(20)14-4-3-9-21-14/h3-4,9,11,13,20H,5-8,10H2,1-2H3/t11-,13+/m1/s1. The van der Waals surface area contributed by atoms with E-state index in [1.54, 1.807) is 18.4 Å². The highest BCUT2D eigenvalue weighted by Gasteiger charge is 2.26. The van der Waals surface area contributed by atoms with Crippen LogP contribution >= 0.6 is 0 Å². The van der Waals surface area contributed by atoms with E-state index in [4.69, 9.17) is 8.94 Å². The minimum atomic E-state index is -0.572. The second-order valence-corrected chi connectivity index (χ2v) is 5.72. The molecule has 0 bridgehead atoms. The van der Waals surface area contributed by atoms with Crippen LogP contribution in [-0.4, -0.2) is 57.8 Å². The van der Waals surface area contributed by atoms with Gasteiger partial charge in [-0.2, -0.15) is 4.98 Å². The van der Waals surface area contributed by atoms with Gasteiger partial charge in [0.25, 0.3) is 0 Å². The van der Waals surface area contributed by atoms with Crippen LogP contribution in [0.1, 0.15) is 36.5 Å². The number of β-amino-alcohol motifs (C(OH)–C–C–N with tert-alkyl or cyclic N) is 1. The van der Waals surface area contributed by atoms with E-state index in [0.29, 0.717) is 24.0 Å². The highest BCUT2D eigenvalue weighted by Crippen LogP contribution is 2.21. The van der Waals surface area contributed by atoms with Crippen molar-refractivity contribution in [1.29, 1.82) is 0 Å². The lowest BCUT2D eigenvalue weighted by Gasteiger charge is -2.37. The normalized spacial score (nSPS) is 20.1. The van der Waals surface area contributed by atoms with Crippen LogP contribution in [0.4, 0.5) is 0 Å². The van der Waals surface area contributed by atoms with Crippen molar-refractivity contribution < 1.29 is 14.0 Å². The maximum atomic E-state index is 10.1. The number of aromatic nitrogens is 2. The van der Waals surface area contributed by atoms with Gasteiger partial charge in [-0.1, -0.05) is 5.16 Å². The summed E-state index contributed by atoms with van der Waals surface area (Å²) < 4.78 is 10.5. The summed E-state index contributed by atoms with van der Waals surface area (Å²) >= 11 is 0. The largest absolute Gasteiger partial charge is 0.467 e. The molecule has 1 saturated heterocycles. The summed E-state index contributed by atoms with van der Waals surface area (Å²) in [5, 5.41) is 14.0. The zero-order valence-corrected chi connectivity index (χ0v) is 13.0. The minimum Gasteiger partial charge on any atom is -0.467 e. The van der Waals surface area contributed by atoms with Crippen molar-refractivity contribution in [3.05, 3.63) is 35.9 Å². The van der Waals surface area contributed by atoms with E-state index in [-0.39, 0.29) is 6.04 Å². The average molecular weight is 306 g/mol. The molecule has 2 aromatic rings. The van der Waals surface area contributed by atoms with Crippen LogP contribution in [0.3, 0.4) is 0 Å². The van der Waals surface area contributed by atoms with Gasteiger partial charge in [0.1, 0.15) is 11.9 Å². The Kier molecular flexibility index (Phi) is 4.56. The fourth-order valence-electron chi connectivity index (χ4n) is 2.79. The Bertz CT molecular complexity index is 575. The maximum absolute atomic E-state index is 10.1.